The van der Waals surface area contributed by atoms with Crippen LogP contribution in [-0.2, 0) is 16.2 Å². The number of rotatable bonds is 11. The summed E-state index contributed by atoms with van der Waals surface area (Å²) in [7, 11) is -1.23. The van der Waals surface area contributed by atoms with Crippen molar-refractivity contribution in [1.29, 1.82) is 0 Å². The van der Waals surface area contributed by atoms with E-state index in [-0.39, 0.29) is 35.3 Å². The number of nitrogens with zero attached hydrogens (tertiary/aromatic N) is 2. The third-order valence-corrected chi connectivity index (χ3v) is 9.12. The summed E-state index contributed by atoms with van der Waals surface area (Å²) in [6.07, 6.45) is 4.53. The fraction of sp³-hybridized carbons (Fsp3) is 0.481. The predicted octanol–water partition coefficient (Wildman–Crippen LogP) is 6.15. The van der Waals surface area contributed by atoms with Crippen molar-refractivity contribution in [3.8, 4) is 11.5 Å². The van der Waals surface area contributed by atoms with Crippen LogP contribution in [0, 0.1) is 17.0 Å². The molecule has 218 valence electrons. The quantitative estimate of drug-likeness (QED) is 0.135. The first-order valence-corrected chi connectivity index (χ1v) is 17.6. The number of fused-ring (bicyclic) bond motifs is 1. The molecule has 0 spiro atoms. The van der Waals surface area contributed by atoms with Gasteiger partial charge in [-0.25, -0.2) is 13.8 Å². The minimum atomic E-state index is -1.23. The average Bonchev–Trinajstić information content (AvgIpc) is 3.23. The van der Waals surface area contributed by atoms with Gasteiger partial charge in [-0.15, -0.1) is 0 Å². The van der Waals surface area contributed by atoms with Crippen molar-refractivity contribution in [1.82, 2.24) is 14.9 Å². The molecule has 3 N–H and O–H groups in total. The van der Waals surface area contributed by atoms with E-state index in [1.54, 1.807) is 10.8 Å². The van der Waals surface area contributed by atoms with E-state index in [1.807, 2.05) is 0 Å². The minimum absolute atomic E-state index is 0.0113. The van der Waals surface area contributed by atoms with Crippen molar-refractivity contribution >= 4 is 53.7 Å². The smallest absolute Gasteiger partial charge is 0.198 e. The van der Waals surface area contributed by atoms with Gasteiger partial charge in [0.25, 0.3) is 0 Å². The number of pyridine rings is 1. The SMILES string of the molecule is C[Si](C)(C)CCOCn1cc(Cl)c2c(Oc3c(F)cc(NC(=S)NCC4(CO)CCOCC4)cc3F)ccnc21. The second-order valence-electron chi connectivity index (χ2n) is 11.3. The third kappa shape index (κ3) is 7.68. The molecule has 2 aromatic heterocycles. The Morgan fingerprint density at radius 2 is 1.95 bits per heavy atom. The lowest BCUT2D eigenvalue weighted by Gasteiger charge is -2.35. The van der Waals surface area contributed by atoms with Gasteiger partial charge in [0.1, 0.15) is 18.1 Å². The van der Waals surface area contributed by atoms with E-state index >= 15 is 8.78 Å². The van der Waals surface area contributed by atoms with Crippen LogP contribution in [0.15, 0.2) is 30.6 Å². The number of anilines is 1. The number of nitrogens with one attached hydrogen (secondary N) is 2. The number of ether oxygens (including phenoxy) is 3. The maximum absolute atomic E-state index is 15.1. The molecule has 0 saturated carbocycles. The molecule has 0 unspecified atom stereocenters. The number of thiocarbonyl (C=S) groups is 1. The first-order chi connectivity index (χ1) is 19.0. The Hall–Kier alpha value is -2.35. The first kappa shape index (κ1) is 30.6. The van der Waals surface area contributed by atoms with Crippen LogP contribution < -0.4 is 15.4 Å². The second kappa shape index (κ2) is 13.1. The summed E-state index contributed by atoms with van der Waals surface area (Å²) in [6, 6.07) is 4.72. The number of benzene rings is 1. The molecule has 3 heterocycles. The zero-order valence-electron chi connectivity index (χ0n) is 22.9. The van der Waals surface area contributed by atoms with Gasteiger partial charge >= 0.3 is 0 Å². The Morgan fingerprint density at radius 1 is 1.25 bits per heavy atom. The van der Waals surface area contributed by atoms with E-state index in [9.17, 15) is 5.11 Å². The molecule has 1 saturated heterocycles. The fourth-order valence-corrected chi connectivity index (χ4v) is 5.58. The van der Waals surface area contributed by atoms with Crippen LogP contribution >= 0.6 is 23.8 Å². The molecule has 0 amide bonds. The molecule has 1 aromatic carbocycles. The van der Waals surface area contributed by atoms with Crippen molar-refractivity contribution in [3.63, 3.8) is 0 Å². The molecule has 1 fully saturated rings. The number of hydrogen-bond acceptors (Lipinski definition) is 6. The van der Waals surface area contributed by atoms with E-state index in [4.69, 9.17) is 38.0 Å². The highest BCUT2D eigenvalue weighted by Gasteiger charge is 2.32. The van der Waals surface area contributed by atoms with Gasteiger partial charge in [-0.05, 0) is 37.2 Å². The lowest BCUT2D eigenvalue weighted by Crippen LogP contribution is -2.44. The summed E-state index contributed by atoms with van der Waals surface area (Å²) in [5, 5.41) is 16.6. The van der Waals surface area contributed by atoms with Gasteiger partial charge in [0.2, 0.25) is 0 Å². The van der Waals surface area contributed by atoms with Gasteiger partial charge in [0, 0.05) is 70.1 Å². The van der Waals surface area contributed by atoms with Gasteiger partial charge in [0.05, 0.1) is 17.0 Å². The second-order valence-corrected chi connectivity index (χ2v) is 17.7. The third-order valence-electron chi connectivity index (χ3n) is 6.88. The molecule has 1 aliphatic rings. The molecule has 0 radical (unpaired) electrons. The van der Waals surface area contributed by atoms with Gasteiger partial charge in [-0.3, -0.25) is 0 Å². The Bertz CT molecular complexity index is 1330. The van der Waals surface area contributed by atoms with E-state index in [0.29, 0.717) is 55.3 Å². The van der Waals surface area contributed by atoms with Gasteiger partial charge in [-0.2, -0.15) is 0 Å². The van der Waals surface area contributed by atoms with Crippen LogP contribution in [0.1, 0.15) is 12.8 Å². The summed E-state index contributed by atoms with van der Waals surface area (Å²) in [4.78, 5) is 4.37. The zero-order chi connectivity index (χ0) is 28.9. The number of halogens is 3. The van der Waals surface area contributed by atoms with Crippen molar-refractivity contribution in [2.45, 2.75) is 45.3 Å². The van der Waals surface area contributed by atoms with Crippen molar-refractivity contribution in [2.24, 2.45) is 5.41 Å². The maximum atomic E-state index is 15.1. The molecular weight excluding hydrogens is 578 g/mol. The van der Waals surface area contributed by atoms with Crippen LogP contribution in [0.2, 0.25) is 30.7 Å². The van der Waals surface area contributed by atoms with Gasteiger partial charge in [0.15, 0.2) is 22.5 Å². The summed E-state index contributed by atoms with van der Waals surface area (Å²) < 4.78 is 48.7. The van der Waals surface area contributed by atoms with Crippen molar-refractivity contribution in [2.75, 3.05) is 38.3 Å². The van der Waals surface area contributed by atoms with Gasteiger partial charge in [-0.1, -0.05) is 31.2 Å². The highest BCUT2D eigenvalue weighted by molar-refractivity contribution is 7.80. The van der Waals surface area contributed by atoms with E-state index in [0.717, 1.165) is 18.2 Å². The molecule has 0 aliphatic carbocycles. The van der Waals surface area contributed by atoms with Crippen LogP contribution in [0.5, 0.6) is 11.5 Å². The topological polar surface area (TPSA) is 89.8 Å². The molecular formula is C27H35ClF2N4O4SSi. The first-order valence-electron chi connectivity index (χ1n) is 13.1. The predicted molar refractivity (Wildman–Crippen MR) is 159 cm³/mol. The zero-order valence-corrected chi connectivity index (χ0v) is 25.4. The number of aliphatic hydroxyl groups is 1. The number of hydrogen-bond donors (Lipinski definition) is 3. The molecule has 0 atom stereocenters. The monoisotopic (exact) mass is 612 g/mol. The Balaban J connectivity index is 1.44. The lowest BCUT2D eigenvalue weighted by molar-refractivity contribution is -0.0130. The Morgan fingerprint density at radius 3 is 2.60 bits per heavy atom. The largest absolute Gasteiger partial charge is 0.450 e. The standard InChI is InChI=1S/C27H35ClF2N4O4SSi/c1-40(2,3)11-10-37-17-34-14-19(28)23-22(4-7-31-25(23)34)38-24-20(29)12-18(13-21(24)30)33-26(39)32-15-27(16-35)5-8-36-9-6-27/h4,7,12-14,35H,5-6,8-11,15-17H2,1-3H3,(H2,32,33,39). The minimum Gasteiger partial charge on any atom is -0.450 e. The maximum Gasteiger partial charge on any atom is 0.198 e. The van der Waals surface area contributed by atoms with E-state index < -0.39 is 25.5 Å². The summed E-state index contributed by atoms with van der Waals surface area (Å²) in [6.45, 7) is 9.21. The fourth-order valence-electron chi connectivity index (χ4n) is 4.34. The Labute approximate surface area is 244 Å². The lowest BCUT2D eigenvalue weighted by atomic mass is 9.81. The molecule has 3 aromatic rings. The van der Waals surface area contributed by atoms with Crippen molar-refractivity contribution < 1.29 is 28.1 Å². The molecule has 8 nitrogen and oxygen atoms in total. The Kier molecular flexibility index (Phi) is 10.0. The van der Waals surface area contributed by atoms with Crippen LogP contribution in [0.3, 0.4) is 0 Å². The summed E-state index contributed by atoms with van der Waals surface area (Å²) in [5.41, 5.74) is 0.245. The van der Waals surface area contributed by atoms with Crippen LogP contribution in [0.4, 0.5) is 14.5 Å². The summed E-state index contributed by atoms with van der Waals surface area (Å²) in [5.74, 6) is -2.25. The normalized spacial score (nSPS) is 15.3. The van der Waals surface area contributed by atoms with E-state index in [2.05, 4.69) is 35.3 Å². The van der Waals surface area contributed by atoms with Gasteiger partial charge < -0.3 is 34.5 Å². The summed E-state index contributed by atoms with van der Waals surface area (Å²) >= 11 is 11.8. The number of aliphatic hydroxyl groups excluding tert-OH is 1. The average molecular weight is 613 g/mol. The highest BCUT2D eigenvalue weighted by Crippen LogP contribution is 2.38. The molecule has 0 bridgehead atoms. The van der Waals surface area contributed by atoms with E-state index in [1.165, 1.54) is 12.3 Å². The molecule has 13 heteroatoms. The van der Waals surface area contributed by atoms with Crippen LogP contribution in [0.25, 0.3) is 11.0 Å². The highest BCUT2D eigenvalue weighted by atomic mass is 35.5. The number of aromatic nitrogens is 2. The van der Waals surface area contributed by atoms with Crippen molar-refractivity contribution in [3.05, 3.63) is 47.2 Å². The van der Waals surface area contributed by atoms with Crippen LogP contribution in [-0.4, -0.2) is 60.8 Å². The molecule has 40 heavy (non-hydrogen) atoms. The molecule has 1 aliphatic heterocycles. The molecule has 4 rings (SSSR count).